The van der Waals surface area contributed by atoms with Gasteiger partial charge in [0.25, 0.3) is 0 Å². The van der Waals surface area contributed by atoms with Gasteiger partial charge in [-0.25, -0.2) is 14.4 Å². The number of esters is 3. The summed E-state index contributed by atoms with van der Waals surface area (Å²) in [5.74, 6) is -1.23. The Bertz CT molecular complexity index is 1330. The van der Waals surface area contributed by atoms with Gasteiger partial charge in [0.15, 0.2) is 6.61 Å². The molecule has 3 aliphatic rings. The van der Waals surface area contributed by atoms with Crippen molar-refractivity contribution in [2.24, 2.45) is 23.7 Å². The van der Waals surface area contributed by atoms with E-state index in [0.717, 1.165) is 24.0 Å². The number of hydrogen-bond acceptors (Lipinski definition) is 7. The number of benzene rings is 2. The van der Waals surface area contributed by atoms with Crippen LogP contribution < -0.4 is 0 Å². The van der Waals surface area contributed by atoms with E-state index in [9.17, 15) is 14.4 Å². The Morgan fingerprint density at radius 3 is 2.10 bits per heavy atom. The fourth-order valence-electron chi connectivity index (χ4n) is 7.24. The first kappa shape index (κ1) is 29.8. The molecule has 1 aliphatic carbocycles. The molecule has 0 spiro atoms. The van der Waals surface area contributed by atoms with Gasteiger partial charge in [-0.05, 0) is 60.8 Å². The van der Waals surface area contributed by atoms with E-state index in [2.05, 4.69) is 20.8 Å². The lowest BCUT2D eigenvalue weighted by atomic mass is 9.69. The Kier molecular flexibility index (Phi) is 8.69. The van der Waals surface area contributed by atoms with Crippen LogP contribution in [0.25, 0.3) is 12.2 Å². The highest BCUT2D eigenvalue weighted by molar-refractivity contribution is 5.88. The summed E-state index contributed by atoms with van der Waals surface area (Å²) in [6, 6.07) is 19.0. The van der Waals surface area contributed by atoms with Gasteiger partial charge in [0.1, 0.15) is 23.4 Å². The number of rotatable bonds is 9. The van der Waals surface area contributed by atoms with Crippen LogP contribution >= 0.6 is 0 Å². The number of hydrogen-bond donors (Lipinski definition) is 0. The molecule has 5 rings (SSSR count). The fraction of sp³-hybridized carbons (Fsp3) is 0.457. The van der Waals surface area contributed by atoms with Crippen molar-refractivity contribution >= 4 is 30.1 Å². The maximum absolute atomic E-state index is 13.1. The van der Waals surface area contributed by atoms with E-state index >= 15 is 0 Å². The number of ether oxygens (including phenoxy) is 4. The van der Waals surface area contributed by atoms with Crippen LogP contribution in [0, 0.1) is 23.7 Å². The lowest BCUT2D eigenvalue weighted by Gasteiger charge is -2.52. The quantitative estimate of drug-likeness (QED) is 0.206. The summed E-state index contributed by atoms with van der Waals surface area (Å²) < 4.78 is 24.3. The second-order valence-electron chi connectivity index (χ2n) is 12.3. The minimum atomic E-state index is -0.815. The van der Waals surface area contributed by atoms with E-state index < -0.39 is 47.9 Å². The third kappa shape index (κ3) is 5.93. The van der Waals surface area contributed by atoms with Crippen LogP contribution in [0.1, 0.15) is 58.1 Å². The Morgan fingerprint density at radius 2 is 1.50 bits per heavy atom. The molecule has 7 heteroatoms. The van der Waals surface area contributed by atoms with Crippen LogP contribution in [-0.2, 0) is 33.3 Å². The second-order valence-corrected chi connectivity index (χ2v) is 12.3. The predicted molar refractivity (Wildman–Crippen MR) is 159 cm³/mol. The van der Waals surface area contributed by atoms with Gasteiger partial charge in [-0.3, -0.25) is 0 Å². The van der Waals surface area contributed by atoms with Gasteiger partial charge in [0.2, 0.25) is 0 Å². The lowest BCUT2D eigenvalue weighted by molar-refractivity contribution is -0.264. The molecule has 0 unspecified atom stereocenters. The molecule has 2 heterocycles. The molecule has 2 saturated heterocycles. The minimum absolute atomic E-state index is 0.00821. The highest BCUT2D eigenvalue weighted by Crippen LogP contribution is 2.63. The summed E-state index contributed by atoms with van der Waals surface area (Å²) in [5.41, 5.74) is 0.211. The maximum Gasteiger partial charge on any atom is 0.344 e. The van der Waals surface area contributed by atoms with Gasteiger partial charge in [0, 0.05) is 24.5 Å². The van der Waals surface area contributed by atoms with Crippen molar-refractivity contribution in [2.45, 2.75) is 70.4 Å². The molecule has 2 aromatic rings. The number of carbonyl (C=O) groups excluding carboxylic acids is 3. The van der Waals surface area contributed by atoms with Crippen molar-refractivity contribution in [3.8, 4) is 0 Å². The number of carbonyl (C=O) groups is 3. The molecule has 7 atom stereocenters. The number of fused-ring (bicyclic) bond motifs is 4. The summed E-state index contributed by atoms with van der Waals surface area (Å²) in [4.78, 5) is 38.3. The fourth-order valence-corrected chi connectivity index (χ4v) is 7.24. The van der Waals surface area contributed by atoms with Crippen molar-refractivity contribution in [2.75, 3.05) is 6.61 Å². The summed E-state index contributed by atoms with van der Waals surface area (Å²) in [5, 5.41) is 0. The molecule has 42 heavy (non-hydrogen) atoms. The van der Waals surface area contributed by atoms with Gasteiger partial charge in [-0.1, -0.05) is 81.4 Å². The highest BCUT2D eigenvalue weighted by atomic mass is 16.6. The first-order valence-electron chi connectivity index (χ1n) is 14.9. The topological polar surface area (TPSA) is 88.1 Å². The molecule has 2 aliphatic heterocycles. The molecule has 0 N–H and O–H groups in total. The zero-order valence-corrected chi connectivity index (χ0v) is 24.7. The lowest BCUT2D eigenvalue weighted by Crippen LogP contribution is -2.62. The third-order valence-corrected chi connectivity index (χ3v) is 9.43. The molecule has 0 aromatic heterocycles. The zero-order valence-electron chi connectivity index (χ0n) is 24.7. The van der Waals surface area contributed by atoms with Crippen molar-refractivity contribution < 1.29 is 33.3 Å². The van der Waals surface area contributed by atoms with E-state index in [1.807, 2.05) is 67.6 Å². The van der Waals surface area contributed by atoms with E-state index in [0.29, 0.717) is 12.3 Å². The third-order valence-electron chi connectivity index (χ3n) is 9.43. The minimum Gasteiger partial charge on any atom is -0.457 e. The molecule has 0 amide bonds. The second kappa shape index (κ2) is 12.3. The van der Waals surface area contributed by atoms with Crippen LogP contribution in [0.4, 0.5) is 0 Å². The molecule has 2 bridgehead atoms. The molecule has 222 valence electrons. The van der Waals surface area contributed by atoms with Crippen LogP contribution in [0.5, 0.6) is 0 Å². The Labute approximate surface area is 247 Å². The Hall–Kier alpha value is -3.71. The van der Waals surface area contributed by atoms with Gasteiger partial charge < -0.3 is 18.9 Å². The largest absolute Gasteiger partial charge is 0.457 e. The van der Waals surface area contributed by atoms with Gasteiger partial charge in [0.05, 0.1) is 0 Å². The molecular weight excluding hydrogens is 532 g/mol. The standard InChI is InChI=1S/C35H40O7/c1-23(2)35-21-28(40-31(38)22-39-29(36)19-16-25-11-7-5-8-12-25)34(4,42-35)27-18-15-24(3)32(27)33(35)41-30(37)20-17-26-13-9-6-10-14-26/h5-14,16-17,19-20,23-24,27-28,32-33H,15,18,21-22H2,1-4H3/b19-16+,20-17+/t24-,27-,28-,32-,33+,34+,35-/m1/s1. The van der Waals surface area contributed by atoms with Crippen molar-refractivity contribution in [1.82, 2.24) is 0 Å². The van der Waals surface area contributed by atoms with Gasteiger partial charge in [-0.15, -0.1) is 0 Å². The first-order valence-corrected chi connectivity index (χ1v) is 14.9. The average Bonchev–Trinajstić information content (AvgIpc) is 3.50. The molecule has 3 fully saturated rings. The first-order chi connectivity index (χ1) is 20.1. The predicted octanol–water partition coefficient (Wildman–Crippen LogP) is 6.03. The van der Waals surface area contributed by atoms with Crippen LogP contribution in [-0.4, -0.2) is 47.9 Å². The summed E-state index contributed by atoms with van der Waals surface area (Å²) in [6.45, 7) is 7.86. The smallest absolute Gasteiger partial charge is 0.344 e. The van der Waals surface area contributed by atoms with Gasteiger partial charge >= 0.3 is 17.9 Å². The van der Waals surface area contributed by atoms with E-state index in [1.165, 1.54) is 12.2 Å². The van der Waals surface area contributed by atoms with E-state index in [1.54, 1.807) is 12.2 Å². The summed E-state index contributed by atoms with van der Waals surface area (Å²) in [6.07, 6.45) is 7.36. The van der Waals surface area contributed by atoms with Crippen LogP contribution in [0.2, 0.25) is 0 Å². The normalized spacial score (nSPS) is 31.8. The Balaban J connectivity index is 1.30. The Morgan fingerprint density at radius 1 is 0.905 bits per heavy atom. The van der Waals surface area contributed by atoms with Crippen molar-refractivity contribution in [3.63, 3.8) is 0 Å². The van der Waals surface area contributed by atoms with Gasteiger partial charge in [-0.2, -0.15) is 0 Å². The monoisotopic (exact) mass is 572 g/mol. The summed E-state index contributed by atoms with van der Waals surface area (Å²) in [7, 11) is 0. The summed E-state index contributed by atoms with van der Waals surface area (Å²) >= 11 is 0. The van der Waals surface area contributed by atoms with E-state index in [4.69, 9.17) is 18.9 Å². The SMILES string of the molecule is CC(C)[C@@]12C[C@@H](OC(=O)COC(=O)/C=C/c3ccccc3)[C@@](C)(O1)[C@@H]1CC[C@@H](C)[C@H]1[C@@H]2OC(=O)/C=C/c1ccccc1. The van der Waals surface area contributed by atoms with Crippen molar-refractivity contribution in [3.05, 3.63) is 83.9 Å². The van der Waals surface area contributed by atoms with Crippen LogP contribution in [0.15, 0.2) is 72.8 Å². The maximum atomic E-state index is 13.1. The zero-order chi connectivity index (χ0) is 29.9. The molecule has 0 radical (unpaired) electrons. The van der Waals surface area contributed by atoms with E-state index in [-0.39, 0.29) is 17.8 Å². The molecule has 2 aromatic carbocycles. The highest BCUT2D eigenvalue weighted by Gasteiger charge is 2.72. The molecule has 7 nitrogen and oxygen atoms in total. The molecule has 1 saturated carbocycles. The van der Waals surface area contributed by atoms with Crippen molar-refractivity contribution in [1.29, 1.82) is 0 Å². The molecular formula is C35H40O7. The average molecular weight is 573 g/mol. The van der Waals surface area contributed by atoms with Crippen LogP contribution in [0.3, 0.4) is 0 Å².